The number of hydrogen-bond donors (Lipinski definition) is 2. The predicted octanol–water partition coefficient (Wildman–Crippen LogP) is 4.53. The second-order valence-corrected chi connectivity index (χ2v) is 6.93. The lowest BCUT2D eigenvalue weighted by Gasteiger charge is -2.11. The summed E-state index contributed by atoms with van der Waals surface area (Å²) in [6, 6.07) is 9.44. The van der Waals surface area contributed by atoms with Crippen molar-refractivity contribution in [3.63, 3.8) is 0 Å². The maximum atomic E-state index is 12.6. The van der Waals surface area contributed by atoms with Gasteiger partial charge in [-0.15, -0.1) is 12.4 Å². The van der Waals surface area contributed by atoms with Gasteiger partial charge in [0.15, 0.2) is 0 Å². The number of nitrogens with zero attached hydrogens (tertiary/aromatic N) is 2. The third-order valence-corrected chi connectivity index (χ3v) is 4.72. The van der Waals surface area contributed by atoms with Crippen LogP contribution in [0.2, 0.25) is 5.02 Å². The summed E-state index contributed by atoms with van der Waals surface area (Å²) < 4.78 is 1.95. The number of amides is 1. The third-order valence-electron chi connectivity index (χ3n) is 4.49. The lowest BCUT2D eigenvalue weighted by molar-refractivity contribution is 0.0953. The van der Waals surface area contributed by atoms with E-state index in [0.717, 1.165) is 23.1 Å². The van der Waals surface area contributed by atoms with Crippen LogP contribution in [0.5, 0.6) is 0 Å². The minimum absolute atomic E-state index is 0. The molecule has 0 radical (unpaired) electrons. The molecule has 0 bridgehead atoms. The highest BCUT2D eigenvalue weighted by Crippen LogP contribution is 2.30. The molecule has 1 amide bonds. The Morgan fingerprint density at radius 3 is 2.88 bits per heavy atom. The summed E-state index contributed by atoms with van der Waals surface area (Å²) >= 11 is 6.05. The Labute approximate surface area is 163 Å². The minimum Gasteiger partial charge on any atom is -0.352 e. The van der Waals surface area contributed by atoms with Gasteiger partial charge in [0.25, 0.3) is 5.91 Å². The minimum atomic E-state index is -0.0690. The van der Waals surface area contributed by atoms with Crippen LogP contribution in [-0.2, 0) is 7.05 Å². The molecule has 1 aromatic carbocycles. The van der Waals surface area contributed by atoms with E-state index in [0.29, 0.717) is 22.3 Å². The van der Waals surface area contributed by atoms with Crippen LogP contribution in [0.1, 0.15) is 23.2 Å². The molecular weight excluding hydrogens is 371 g/mol. The van der Waals surface area contributed by atoms with E-state index in [2.05, 4.69) is 15.6 Å². The first-order valence-corrected chi connectivity index (χ1v) is 8.74. The highest BCUT2D eigenvalue weighted by molar-refractivity contribution is 6.30. The smallest absolute Gasteiger partial charge is 0.255 e. The van der Waals surface area contributed by atoms with Gasteiger partial charge in [-0.25, -0.2) is 4.98 Å². The molecule has 0 unspecified atom stereocenters. The first-order chi connectivity index (χ1) is 12.1. The maximum absolute atomic E-state index is 12.6. The van der Waals surface area contributed by atoms with Crippen molar-refractivity contribution in [1.82, 2.24) is 14.9 Å². The van der Waals surface area contributed by atoms with Gasteiger partial charge >= 0.3 is 0 Å². The molecule has 26 heavy (non-hydrogen) atoms. The number of benzene rings is 1. The number of nitrogens with one attached hydrogen (secondary N) is 2. The van der Waals surface area contributed by atoms with Crippen molar-refractivity contribution >= 4 is 52.3 Å². The first-order valence-electron chi connectivity index (χ1n) is 8.36. The molecule has 0 aliphatic heterocycles. The Bertz CT molecular complexity index is 950. The van der Waals surface area contributed by atoms with Crippen molar-refractivity contribution in [3.8, 4) is 0 Å². The van der Waals surface area contributed by atoms with Crippen LogP contribution < -0.4 is 10.6 Å². The SMILES string of the molecule is Cl.Cn1ccc2c(Nc3cccc(Cl)c3)ncc(C(=O)NCC3CC3)c21. The van der Waals surface area contributed by atoms with Crippen molar-refractivity contribution in [2.45, 2.75) is 12.8 Å². The van der Waals surface area contributed by atoms with E-state index in [4.69, 9.17) is 11.6 Å². The highest BCUT2D eigenvalue weighted by atomic mass is 35.5. The van der Waals surface area contributed by atoms with Crippen LogP contribution in [-0.4, -0.2) is 22.0 Å². The van der Waals surface area contributed by atoms with E-state index in [-0.39, 0.29) is 18.3 Å². The standard InChI is InChI=1S/C19H19ClN4O.ClH/c1-24-8-7-15-17(24)16(19(25)22-10-12-5-6-12)11-21-18(15)23-14-4-2-3-13(20)9-14;/h2-4,7-9,11-12H,5-6,10H2,1H3,(H,21,23)(H,22,25);1H. The topological polar surface area (TPSA) is 59.0 Å². The summed E-state index contributed by atoms with van der Waals surface area (Å²) in [4.78, 5) is 17.0. The average molecular weight is 391 g/mol. The molecule has 1 aliphatic rings. The Kier molecular flexibility index (Phi) is 5.39. The van der Waals surface area contributed by atoms with Gasteiger partial charge in [0.2, 0.25) is 0 Å². The van der Waals surface area contributed by atoms with Crippen molar-refractivity contribution in [2.24, 2.45) is 13.0 Å². The molecular formula is C19H20Cl2N4O. The molecule has 2 heterocycles. The molecule has 2 aromatic heterocycles. The Morgan fingerprint density at radius 2 is 2.15 bits per heavy atom. The molecule has 2 N–H and O–H groups in total. The van der Waals surface area contributed by atoms with E-state index in [9.17, 15) is 4.79 Å². The van der Waals surface area contributed by atoms with Crippen LogP contribution in [0, 0.1) is 5.92 Å². The predicted molar refractivity (Wildman–Crippen MR) is 108 cm³/mol. The third kappa shape index (κ3) is 3.79. The number of carbonyl (C=O) groups is 1. The monoisotopic (exact) mass is 390 g/mol. The zero-order valence-electron chi connectivity index (χ0n) is 14.3. The van der Waals surface area contributed by atoms with Crippen molar-refractivity contribution < 1.29 is 4.79 Å². The van der Waals surface area contributed by atoms with Crippen LogP contribution in [0.4, 0.5) is 11.5 Å². The fraction of sp³-hybridized carbons (Fsp3) is 0.263. The number of carbonyl (C=O) groups excluding carboxylic acids is 1. The van der Waals surface area contributed by atoms with Gasteiger partial charge in [0, 0.05) is 42.1 Å². The number of pyridine rings is 1. The van der Waals surface area contributed by atoms with Crippen molar-refractivity contribution in [1.29, 1.82) is 0 Å². The summed E-state index contributed by atoms with van der Waals surface area (Å²) in [5.74, 6) is 1.28. The lowest BCUT2D eigenvalue weighted by atomic mass is 10.2. The molecule has 1 saturated carbocycles. The highest BCUT2D eigenvalue weighted by Gasteiger charge is 2.23. The lowest BCUT2D eigenvalue weighted by Crippen LogP contribution is -2.26. The van der Waals surface area contributed by atoms with E-state index >= 15 is 0 Å². The van der Waals surface area contributed by atoms with Gasteiger partial charge in [-0.3, -0.25) is 4.79 Å². The zero-order valence-corrected chi connectivity index (χ0v) is 15.9. The second-order valence-electron chi connectivity index (χ2n) is 6.50. The number of rotatable bonds is 5. The average Bonchev–Trinajstić information content (AvgIpc) is 3.35. The molecule has 136 valence electrons. The molecule has 5 nitrogen and oxygen atoms in total. The number of hydrogen-bond acceptors (Lipinski definition) is 3. The molecule has 1 aliphatic carbocycles. The zero-order chi connectivity index (χ0) is 17.4. The number of aryl methyl sites for hydroxylation is 1. The van der Waals surface area contributed by atoms with Gasteiger partial charge < -0.3 is 15.2 Å². The van der Waals surface area contributed by atoms with Gasteiger partial charge in [0.05, 0.1) is 11.1 Å². The molecule has 1 fully saturated rings. The molecule has 0 saturated heterocycles. The number of aromatic nitrogens is 2. The van der Waals surface area contributed by atoms with Crippen LogP contribution >= 0.6 is 24.0 Å². The van der Waals surface area contributed by atoms with Gasteiger partial charge in [-0.1, -0.05) is 17.7 Å². The van der Waals surface area contributed by atoms with Crippen molar-refractivity contribution in [3.05, 3.63) is 53.3 Å². The van der Waals surface area contributed by atoms with E-state index in [1.54, 1.807) is 6.20 Å². The first kappa shape index (κ1) is 18.5. The number of fused-ring (bicyclic) bond motifs is 1. The van der Waals surface area contributed by atoms with Gasteiger partial charge in [-0.2, -0.15) is 0 Å². The fourth-order valence-electron chi connectivity index (χ4n) is 2.94. The van der Waals surface area contributed by atoms with Crippen molar-refractivity contribution in [2.75, 3.05) is 11.9 Å². The summed E-state index contributed by atoms with van der Waals surface area (Å²) in [7, 11) is 1.93. The Balaban J connectivity index is 0.00000196. The van der Waals surface area contributed by atoms with E-state index in [1.165, 1.54) is 12.8 Å². The molecule has 0 spiro atoms. The van der Waals surface area contributed by atoms with E-state index < -0.39 is 0 Å². The molecule has 7 heteroatoms. The van der Waals surface area contributed by atoms with E-state index in [1.807, 2.05) is 48.1 Å². The fourth-order valence-corrected chi connectivity index (χ4v) is 3.13. The summed E-state index contributed by atoms with van der Waals surface area (Å²) in [5, 5.41) is 7.87. The molecule has 4 rings (SSSR count). The quantitative estimate of drug-likeness (QED) is 0.672. The molecule has 0 atom stereocenters. The molecule has 3 aromatic rings. The van der Waals surface area contributed by atoms with Gasteiger partial charge in [-0.05, 0) is 43.0 Å². The second kappa shape index (κ2) is 7.56. The number of halogens is 2. The summed E-state index contributed by atoms with van der Waals surface area (Å²) in [5.41, 5.74) is 2.32. The summed E-state index contributed by atoms with van der Waals surface area (Å²) in [6.07, 6.45) is 5.99. The van der Waals surface area contributed by atoms with Crippen LogP contribution in [0.3, 0.4) is 0 Å². The normalized spacial score (nSPS) is 13.3. The Hall–Kier alpha value is -2.24. The Morgan fingerprint density at radius 1 is 1.35 bits per heavy atom. The summed E-state index contributed by atoms with van der Waals surface area (Å²) in [6.45, 7) is 0.743. The van der Waals surface area contributed by atoms with Gasteiger partial charge in [0.1, 0.15) is 5.82 Å². The van der Waals surface area contributed by atoms with Crippen LogP contribution in [0.15, 0.2) is 42.7 Å². The number of anilines is 2. The van der Waals surface area contributed by atoms with Crippen LogP contribution in [0.25, 0.3) is 10.9 Å². The largest absolute Gasteiger partial charge is 0.352 e. The maximum Gasteiger partial charge on any atom is 0.255 e.